The SMILES string of the molecule is [2H]c1c([2H])c([2H])c(-c2c([2H])c([2H])c(-n3c4c([2H])c([2H])c([2H])c([2H])c4c4c([2H])c(-c5ccc(-c6nc(-c7ccccc7)nc(-c7ccc8c(c7)oc7ccccc78)n6)cc5)c([2H])c([2H])c43)c([2H])c2[2H])c([2H])c1[2H]. The largest absolute Gasteiger partial charge is 0.456 e. The van der Waals surface area contributed by atoms with Crippen LogP contribution in [-0.2, 0) is 0 Å². The van der Waals surface area contributed by atoms with Crippen molar-refractivity contribution in [3.05, 3.63) is 194 Å². The Morgan fingerprint density at radius 2 is 0.982 bits per heavy atom. The van der Waals surface area contributed by atoms with E-state index in [-0.39, 0.29) is 27.4 Å². The Kier molecular flexibility index (Phi) is 4.57. The highest BCUT2D eigenvalue weighted by molar-refractivity contribution is 6.10. The number of aromatic nitrogens is 4. The molecule has 0 spiro atoms. The maximum absolute atomic E-state index is 9.69. The standard InChI is InChI=1S/C51H32N4O/c1-3-11-33(12-4-1)34-23-27-40(28-24-34)55-45-17-9-7-15-41(45)44-31-38(26-30-46(44)55)35-19-21-37(22-20-35)50-52-49(36-13-5-2-6-14-36)53-51(54-50)39-25-29-43-42-16-8-10-18-47(42)56-48(43)32-39/h1-32H/i1D,3D,4D,7D,9D,11D,12D,15D,17D,23D,24D,26D,27D,28D,30D,31D. The Balaban J connectivity index is 1.10. The first kappa shape index (κ1) is 19.6. The molecule has 5 heteroatoms. The van der Waals surface area contributed by atoms with Gasteiger partial charge in [0.25, 0.3) is 0 Å². The van der Waals surface area contributed by atoms with Crippen LogP contribution >= 0.6 is 0 Å². The second-order valence-electron chi connectivity index (χ2n) is 12.8. The summed E-state index contributed by atoms with van der Waals surface area (Å²) in [6, 6.07) is 17.8. The van der Waals surface area contributed by atoms with E-state index in [0.717, 1.165) is 26.5 Å². The van der Waals surface area contributed by atoms with Gasteiger partial charge in [0, 0.05) is 43.9 Å². The van der Waals surface area contributed by atoms with Gasteiger partial charge in [-0.05, 0) is 70.7 Å². The number of nitrogens with zero attached hydrogens (tertiary/aromatic N) is 4. The van der Waals surface area contributed by atoms with Crippen LogP contribution in [0.2, 0.25) is 0 Å². The summed E-state index contributed by atoms with van der Waals surface area (Å²) in [5.74, 6) is 1.05. The normalized spacial score (nSPS) is 15.6. The zero-order valence-electron chi connectivity index (χ0n) is 44.9. The van der Waals surface area contributed by atoms with Crippen molar-refractivity contribution >= 4 is 43.7 Å². The Bertz CT molecular complexity index is 4120. The monoisotopic (exact) mass is 732 g/mol. The minimum absolute atomic E-state index is 0.0953. The topological polar surface area (TPSA) is 56.7 Å². The zero-order valence-corrected chi connectivity index (χ0v) is 28.9. The van der Waals surface area contributed by atoms with Crippen LogP contribution in [0.15, 0.2) is 198 Å². The van der Waals surface area contributed by atoms with Crippen LogP contribution in [0.1, 0.15) is 21.9 Å². The predicted octanol–water partition coefficient (Wildman–Crippen LogP) is 13.2. The molecule has 0 aliphatic rings. The fourth-order valence-corrected chi connectivity index (χ4v) is 6.80. The molecule has 0 unspecified atom stereocenters. The number of rotatable bonds is 6. The lowest BCUT2D eigenvalue weighted by Gasteiger charge is -2.10. The molecule has 0 radical (unpaired) electrons. The van der Waals surface area contributed by atoms with Gasteiger partial charge in [0.1, 0.15) is 11.2 Å². The minimum Gasteiger partial charge on any atom is -0.456 e. The third kappa shape index (κ3) is 5.45. The molecule has 262 valence electrons. The third-order valence-electron chi connectivity index (χ3n) is 9.48. The zero-order chi connectivity index (χ0) is 50.9. The number of hydrogen-bond donors (Lipinski definition) is 0. The number of para-hydroxylation sites is 2. The van der Waals surface area contributed by atoms with Crippen LogP contribution in [0.25, 0.3) is 106 Å². The molecule has 0 N–H and O–H groups in total. The van der Waals surface area contributed by atoms with Crippen LogP contribution in [0, 0.1) is 0 Å². The summed E-state index contributed by atoms with van der Waals surface area (Å²) in [5.41, 5.74) is 0.857. The molecule has 0 atom stereocenters. The lowest BCUT2D eigenvalue weighted by Crippen LogP contribution is -2.00. The summed E-state index contributed by atoms with van der Waals surface area (Å²) in [4.78, 5) is 14.6. The maximum Gasteiger partial charge on any atom is 0.164 e. The van der Waals surface area contributed by atoms with E-state index in [4.69, 9.17) is 34.4 Å². The molecule has 3 aromatic heterocycles. The van der Waals surface area contributed by atoms with E-state index in [0.29, 0.717) is 34.2 Å². The molecule has 5 nitrogen and oxygen atoms in total. The van der Waals surface area contributed by atoms with Crippen molar-refractivity contribution in [3.8, 4) is 62.1 Å². The van der Waals surface area contributed by atoms with Gasteiger partial charge in [0.05, 0.1) is 33.0 Å². The van der Waals surface area contributed by atoms with Crippen molar-refractivity contribution in [2.75, 3.05) is 0 Å². The van der Waals surface area contributed by atoms with Crippen molar-refractivity contribution in [3.63, 3.8) is 0 Å². The van der Waals surface area contributed by atoms with Crippen LogP contribution in [0.4, 0.5) is 0 Å². The molecule has 8 aromatic carbocycles. The van der Waals surface area contributed by atoms with Crippen molar-refractivity contribution in [2.45, 2.75) is 0 Å². The van der Waals surface area contributed by atoms with Crippen molar-refractivity contribution < 1.29 is 26.3 Å². The summed E-state index contributed by atoms with van der Waals surface area (Å²) < 4.78 is 149. The number of benzene rings is 8. The quantitative estimate of drug-likeness (QED) is 0.171. The average Bonchev–Trinajstić information content (AvgIpc) is 3.95. The van der Waals surface area contributed by atoms with Gasteiger partial charge in [-0.15, -0.1) is 0 Å². The average molecular weight is 733 g/mol. The maximum atomic E-state index is 9.69. The van der Waals surface area contributed by atoms with Crippen molar-refractivity contribution in [1.82, 2.24) is 19.5 Å². The van der Waals surface area contributed by atoms with Gasteiger partial charge < -0.3 is 8.98 Å². The van der Waals surface area contributed by atoms with Gasteiger partial charge in [0.2, 0.25) is 0 Å². The minimum atomic E-state index is -0.854. The number of fused-ring (bicyclic) bond motifs is 6. The lowest BCUT2D eigenvalue weighted by atomic mass is 10.0. The molecule has 0 fully saturated rings. The molecule has 11 aromatic rings. The van der Waals surface area contributed by atoms with E-state index >= 15 is 0 Å². The first-order chi connectivity index (χ1) is 34.4. The van der Waals surface area contributed by atoms with Gasteiger partial charge in [0.15, 0.2) is 17.5 Å². The van der Waals surface area contributed by atoms with E-state index < -0.39 is 119 Å². The molecule has 0 aliphatic heterocycles. The molecule has 3 heterocycles. The van der Waals surface area contributed by atoms with Crippen LogP contribution in [-0.4, -0.2) is 19.5 Å². The fourth-order valence-electron chi connectivity index (χ4n) is 6.80. The van der Waals surface area contributed by atoms with Crippen LogP contribution < -0.4 is 0 Å². The van der Waals surface area contributed by atoms with Gasteiger partial charge in [-0.25, -0.2) is 15.0 Å². The first-order valence-electron chi connectivity index (χ1n) is 25.5. The summed E-state index contributed by atoms with van der Waals surface area (Å²) in [6.07, 6.45) is 0. The van der Waals surface area contributed by atoms with Crippen LogP contribution in [0.3, 0.4) is 0 Å². The highest BCUT2D eigenvalue weighted by atomic mass is 16.3. The van der Waals surface area contributed by atoms with E-state index in [1.165, 1.54) is 0 Å². The van der Waals surface area contributed by atoms with Crippen molar-refractivity contribution in [2.24, 2.45) is 0 Å². The second-order valence-corrected chi connectivity index (χ2v) is 12.8. The van der Waals surface area contributed by atoms with E-state index in [1.54, 1.807) is 24.3 Å². The molecule has 0 bridgehead atoms. The van der Waals surface area contributed by atoms with Crippen LogP contribution in [0.5, 0.6) is 0 Å². The third-order valence-corrected chi connectivity index (χ3v) is 9.48. The Morgan fingerprint density at radius 1 is 0.393 bits per heavy atom. The van der Waals surface area contributed by atoms with Gasteiger partial charge in [-0.1, -0.05) is 145 Å². The Labute approximate surface area is 345 Å². The number of furan rings is 1. The molecule has 0 saturated heterocycles. The van der Waals surface area contributed by atoms with Gasteiger partial charge >= 0.3 is 0 Å². The summed E-state index contributed by atoms with van der Waals surface area (Å²) in [6.45, 7) is 0. The molecule has 0 amide bonds. The summed E-state index contributed by atoms with van der Waals surface area (Å²) in [5, 5.41) is 1.38. The summed E-state index contributed by atoms with van der Waals surface area (Å²) in [7, 11) is 0. The molecular weight excluding hydrogens is 685 g/mol. The molecule has 0 saturated carbocycles. The molecule has 0 aliphatic carbocycles. The van der Waals surface area contributed by atoms with E-state index in [2.05, 4.69) is 0 Å². The van der Waals surface area contributed by atoms with Crippen molar-refractivity contribution in [1.29, 1.82) is 0 Å². The molecular formula is C51H32N4O. The Hall–Kier alpha value is -7.63. The van der Waals surface area contributed by atoms with Gasteiger partial charge in [-0.2, -0.15) is 0 Å². The highest BCUT2D eigenvalue weighted by Gasteiger charge is 2.16. The molecule has 56 heavy (non-hydrogen) atoms. The van der Waals surface area contributed by atoms with E-state index in [1.807, 2.05) is 72.8 Å². The highest BCUT2D eigenvalue weighted by Crippen LogP contribution is 2.37. The summed E-state index contributed by atoms with van der Waals surface area (Å²) >= 11 is 0. The Morgan fingerprint density at radius 3 is 1.79 bits per heavy atom. The fraction of sp³-hybridized carbons (Fsp3) is 0. The smallest absolute Gasteiger partial charge is 0.164 e. The lowest BCUT2D eigenvalue weighted by molar-refractivity contribution is 0.669. The van der Waals surface area contributed by atoms with Gasteiger partial charge in [-0.3, -0.25) is 0 Å². The number of hydrogen-bond acceptors (Lipinski definition) is 4. The first-order valence-corrected chi connectivity index (χ1v) is 17.5. The second kappa shape index (κ2) is 13.0. The predicted molar refractivity (Wildman–Crippen MR) is 229 cm³/mol. The molecule has 11 rings (SSSR count). The van der Waals surface area contributed by atoms with E-state index in [9.17, 15) is 6.85 Å².